The molecular formula is C40H60N8O4. The van der Waals surface area contributed by atoms with E-state index in [1.165, 1.54) is 85.6 Å². The third kappa shape index (κ3) is 7.88. The Bertz CT molecular complexity index is 1660. The molecule has 4 aliphatic rings. The predicted octanol–water partition coefficient (Wildman–Crippen LogP) is 4.02. The summed E-state index contributed by atoms with van der Waals surface area (Å²) in [6, 6.07) is 9.14. The molecule has 0 unspecified atom stereocenters. The monoisotopic (exact) mass is 716 g/mol. The molecule has 2 saturated heterocycles. The van der Waals surface area contributed by atoms with E-state index >= 15 is 0 Å². The number of aromatic amines is 2. The van der Waals surface area contributed by atoms with Crippen LogP contribution in [0.5, 0.6) is 23.0 Å². The lowest BCUT2D eigenvalue weighted by molar-refractivity contribution is 0.148. The van der Waals surface area contributed by atoms with Crippen molar-refractivity contribution in [3.63, 3.8) is 0 Å². The van der Waals surface area contributed by atoms with Gasteiger partial charge in [0, 0.05) is 123 Å². The zero-order chi connectivity index (χ0) is 36.2. The first-order chi connectivity index (χ1) is 25.4. The molecule has 2 aromatic carbocycles. The summed E-state index contributed by atoms with van der Waals surface area (Å²) in [7, 11) is 11.2. The fourth-order valence-electron chi connectivity index (χ4n) is 8.53. The summed E-state index contributed by atoms with van der Waals surface area (Å²) < 4.78 is 21.9. The van der Waals surface area contributed by atoms with Crippen LogP contribution in [0, 0.1) is 0 Å². The summed E-state index contributed by atoms with van der Waals surface area (Å²) in [5.41, 5.74) is 7.83. The number of fused-ring (bicyclic) bond motifs is 6. The standard InChI is InChI=1S/2C20H30N4O2/c2*1-23-8-10-24(11-9-23)7-5-16-20-14(4-6-21-16)15-12-18(25-2)19(26-3)13-17(15)22-20/h2*12-13,16,21-22H,4-11H2,1-3H3/t2*16-/m10/s1. The Morgan fingerprint density at radius 2 is 0.904 bits per heavy atom. The highest BCUT2D eigenvalue weighted by molar-refractivity contribution is 5.89. The Morgan fingerprint density at radius 3 is 1.27 bits per heavy atom. The maximum Gasteiger partial charge on any atom is 0.162 e. The molecule has 2 aromatic heterocycles. The Kier molecular flexibility index (Phi) is 11.8. The molecular weight excluding hydrogens is 656 g/mol. The van der Waals surface area contributed by atoms with E-state index in [9.17, 15) is 0 Å². The van der Waals surface area contributed by atoms with Crippen LogP contribution in [0.15, 0.2) is 24.3 Å². The lowest BCUT2D eigenvalue weighted by atomic mass is 9.97. The van der Waals surface area contributed by atoms with Gasteiger partial charge in [-0.1, -0.05) is 0 Å². The number of hydrogen-bond acceptors (Lipinski definition) is 10. The Labute approximate surface area is 309 Å². The smallest absolute Gasteiger partial charge is 0.162 e. The summed E-state index contributed by atoms with van der Waals surface area (Å²) in [6.07, 6.45) is 4.38. The van der Waals surface area contributed by atoms with Crippen molar-refractivity contribution < 1.29 is 18.9 Å². The van der Waals surface area contributed by atoms with Crippen molar-refractivity contribution in [1.29, 1.82) is 0 Å². The van der Waals surface area contributed by atoms with E-state index < -0.39 is 0 Å². The summed E-state index contributed by atoms with van der Waals surface area (Å²) in [5.74, 6) is 3.16. The third-order valence-corrected chi connectivity index (χ3v) is 11.8. The molecule has 12 nitrogen and oxygen atoms in total. The van der Waals surface area contributed by atoms with E-state index in [4.69, 9.17) is 18.9 Å². The average molecular weight is 717 g/mol. The zero-order valence-corrected chi connectivity index (χ0v) is 32.2. The van der Waals surface area contributed by atoms with Crippen LogP contribution in [-0.2, 0) is 12.8 Å². The molecule has 12 heteroatoms. The molecule has 0 amide bonds. The molecule has 0 saturated carbocycles. The van der Waals surface area contributed by atoms with Crippen molar-refractivity contribution in [2.24, 2.45) is 0 Å². The van der Waals surface area contributed by atoms with Crippen LogP contribution in [0.4, 0.5) is 0 Å². The molecule has 2 atom stereocenters. The molecule has 2 fully saturated rings. The minimum absolute atomic E-state index is 0.391. The van der Waals surface area contributed by atoms with Crippen molar-refractivity contribution in [3.05, 3.63) is 46.8 Å². The van der Waals surface area contributed by atoms with Gasteiger partial charge in [0.1, 0.15) is 0 Å². The van der Waals surface area contributed by atoms with Gasteiger partial charge in [-0.15, -0.1) is 0 Å². The number of ether oxygens (including phenoxy) is 4. The number of piperazine rings is 2. The highest BCUT2D eigenvalue weighted by Gasteiger charge is 2.27. The lowest BCUT2D eigenvalue weighted by Crippen LogP contribution is -2.45. The van der Waals surface area contributed by atoms with Gasteiger partial charge in [-0.2, -0.15) is 0 Å². The molecule has 6 heterocycles. The van der Waals surface area contributed by atoms with Gasteiger partial charge in [-0.05, 0) is 76.1 Å². The van der Waals surface area contributed by atoms with Gasteiger partial charge in [0.15, 0.2) is 23.0 Å². The molecule has 0 aliphatic carbocycles. The predicted molar refractivity (Wildman–Crippen MR) is 209 cm³/mol. The molecule has 284 valence electrons. The van der Waals surface area contributed by atoms with Gasteiger partial charge < -0.3 is 59.1 Å². The maximum atomic E-state index is 5.50. The Balaban J connectivity index is 0.000000162. The first-order valence-corrected chi connectivity index (χ1v) is 19.2. The molecule has 0 radical (unpaired) electrons. The fraction of sp³-hybridized carbons (Fsp3) is 0.600. The van der Waals surface area contributed by atoms with Gasteiger partial charge in [-0.25, -0.2) is 0 Å². The normalized spacial score (nSPS) is 21.7. The first kappa shape index (κ1) is 36.8. The quantitative estimate of drug-likeness (QED) is 0.193. The number of likely N-dealkylation sites (N-methyl/N-ethyl adjacent to an activating group) is 2. The number of benzene rings is 2. The van der Waals surface area contributed by atoms with E-state index in [0.717, 1.165) is 85.9 Å². The van der Waals surface area contributed by atoms with Crippen molar-refractivity contribution in [1.82, 2.24) is 40.2 Å². The summed E-state index contributed by atoms with van der Waals surface area (Å²) in [5, 5.41) is 9.96. The van der Waals surface area contributed by atoms with E-state index in [1.807, 2.05) is 0 Å². The first-order valence-electron chi connectivity index (χ1n) is 19.2. The highest BCUT2D eigenvalue weighted by atomic mass is 16.5. The third-order valence-electron chi connectivity index (χ3n) is 11.8. The summed E-state index contributed by atoms with van der Waals surface area (Å²) >= 11 is 0. The van der Waals surface area contributed by atoms with Crippen LogP contribution in [0.25, 0.3) is 21.8 Å². The van der Waals surface area contributed by atoms with E-state index in [-0.39, 0.29) is 0 Å². The van der Waals surface area contributed by atoms with Crippen LogP contribution in [0.2, 0.25) is 0 Å². The van der Waals surface area contributed by atoms with Crippen LogP contribution >= 0.6 is 0 Å². The van der Waals surface area contributed by atoms with Crippen LogP contribution in [0.1, 0.15) is 47.4 Å². The zero-order valence-electron chi connectivity index (χ0n) is 32.2. The van der Waals surface area contributed by atoms with Crippen molar-refractivity contribution >= 4 is 21.8 Å². The molecule has 0 spiro atoms. The molecule has 8 rings (SSSR count). The fourth-order valence-corrected chi connectivity index (χ4v) is 8.53. The van der Waals surface area contributed by atoms with Crippen LogP contribution in [-0.4, -0.2) is 151 Å². The molecule has 4 aliphatic heterocycles. The molecule has 0 bridgehead atoms. The van der Waals surface area contributed by atoms with Crippen molar-refractivity contribution in [2.45, 2.75) is 37.8 Å². The topological polar surface area (TPSA) is 106 Å². The van der Waals surface area contributed by atoms with Crippen molar-refractivity contribution in [2.75, 3.05) is 121 Å². The molecule has 4 N–H and O–H groups in total. The molecule has 4 aromatic rings. The number of aromatic nitrogens is 2. The average Bonchev–Trinajstić information content (AvgIpc) is 3.74. The van der Waals surface area contributed by atoms with E-state index in [1.54, 1.807) is 28.4 Å². The second-order valence-corrected chi connectivity index (χ2v) is 14.9. The second kappa shape index (κ2) is 16.7. The number of methoxy groups -OCH3 is 4. The molecule has 52 heavy (non-hydrogen) atoms. The van der Waals surface area contributed by atoms with Crippen LogP contribution < -0.4 is 29.6 Å². The minimum atomic E-state index is 0.391. The summed E-state index contributed by atoms with van der Waals surface area (Å²) in [4.78, 5) is 17.3. The Morgan fingerprint density at radius 1 is 0.538 bits per heavy atom. The number of H-pyrrole nitrogens is 2. The van der Waals surface area contributed by atoms with Gasteiger partial charge in [0.2, 0.25) is 0 Å². The van der Waals surface area contributed by atoms with E-state index in [0.29, 0.717) is 12.1 Å². The lowest BCUT2D eigenvalue weighted by Gasteiger charge is -2.34. The van der Waals surface area contributed by atoms with E-state index in [2.05, 4.69) is 78.6 Å². The SMILES string of the molecule is COc1cc2[nH]c3c(c2cc1OC)CCN[C@@H]3CCN1CCN(C)CC1.COc1cc2[nH]c3c(c2cc1OC)CCN[C@H]3CCN1CCN(C)CC1. The largest absolute Gasteiger partial charge is 0.493 e. The minimum Gasteiger partial charge on any atom is -0.493 e. The van der Waals surface area contributed by atoms with Crippen molar-refractivity contribution in [3.8, 4) is 23.0 Å². The van der Waals surface area contributed by atoms with Gasteiger partial charge in [0.05, 0.1) is 28.4 Å². The highest BCUT2D eigenvalue weighted by Crippen LogP contribution is 2.39. The number of nitrogens with one attached hydrogen (secondary N) is 4. The number of nitrogens with zero attached hydrogens (tertiary/aromatic N) is 4. The van der Waals surface area contributed by atoms with Gasteiger partial charge in [0.25, 0.3) is 0 Å². The summed E-state index contributed by atoms with van der Waals surface area (Å²) in [6.45, 7) is 13.8. The van der Waals surface area contributed by atoms with Gasteiger partial charge >= 0.3 is 0 Å². The second-order valence-electron chi connectivity index (χ2n) is 14.9. The van der Waals surface area contributed by atoms with Gasteiger partial charge in [-0.3, -0.25) is 0 Å². The maximum absolute atomic E-state index is 5.50. The Hall–Kier alpha value is -3.52. The number of rotatable bonds is 10. The van der Waals surface area contributed by atoms with Crippen LogP contribution in [0.3, 0.4) is 0 Å². The number of hydrogen-bond donors (Lipinski definition) is 4.